The molecule has 164 valence electrons. The first-order valence-corrected chi connectivity index (χ1v) is 12.7. The molecule has 2 rings (SSSR count). The highest BCUT2D eigenvalue weighted by atomic mass is 79.9. The van der Waals surface area contributed by atoms with Crippen LogP contribution in [0.2, 0.25) is 0 Å². The molecule has 0 aliphatic heterocycles. The van der Waals surface area contributed by atoms with Gasteiger partial charge in [0.15, 0.2) is 0 Å². The number of amides is 1. The molecule has 0 heterocycles. The van der Waals surface area contributed by atoms with Crippen molar-refractivity contribution in [1.82, 2.24) is 5.32 Å². The van der Waals surface area contributed by atoms with Crippen molar-refractivity contribution in [2.45, 2.75) is 32.6 Å². The van der Waals surface area contributed by atoms with Gasteiger partial charge in [-0.25, -0.2) is 8.42 Å². The van der Waals surface area contributed by atoms with Crippen molar-refractivity contribution >= 4 is 37.5 Å². The minimum absolute atomic E-state index is 0.124. The Morgan fingerprint density at radius 2 is 1.77 bits per heavy atom. The van der Waals surface area contributed by atoms with Gasteiger partial charge in [0.25, 0.3) is 0 Å². The first kappa shape index (κ1) is 24.2. The molecule has 6 nitrogen and oxygen atoms in total. The summed E-state index contributed by atoms with van der Waals surface area (Å²) >= 11 is 3.34. The van der Waals surface area contributed by atoms with Crippen LogP contribution in [0.15, 0.2) is 53.0 Å². The standard InChI is InChI=1S/C22H29BrN2O4S/c1-3-5-18-7-13-21(14-8-18)29-17-15-24-22(26)6-4-16-25(30(2,27)28)20-11-9-19(23)10-12-20/h7-14H,3-6,15-17H2,1-2H3,(H,24,26). The number of ether oxygens (including phenoxy) is 1. The van der Waals surface area contributed by atoms with Crippen LogP contribution in [-0.2, 0) is 21.2 Å². The lowest BCUT2D eigenvalue weighted by atomic mass is 10.1. The Kier molecular flexibility index (Phi) is 9.65. The summed E-state index contributed by atoms with van der Waals surface area (Å²) in [4.78, 5) is 12.0. The van der Waals surface area contributed by atoms with Crippen molar-refractivity contribution in [1.29, 1.82) is 0 Å². The lowest BCUT2D eigenvalue weighted by molar-refractivity contribution is -0.121. The van der Waals surface area contributed by atoms with E-state index in [4.69, 9.17) is 4.74 Å². The molecule has 1 amide bonds. The van der Waals surface area contributed by atoms with E-state index < -0.39 is 10.0 Å². The Morgan fingerprint density at radius 1 is 1.10 bits per heavy atom. The molecule has 2 aromatic carbocycles. The van der Waals surface area contributed by atoms with E-state index in [0.29, 0.717) is 25.3 Å². The van der Waals surface area contributed by atoms with Gasteiger partial charge < -0.3 is 10.1 Å². The Bertz CT molecular complexity index is 900. The monoisotopic (exact) mass is 496 g/mol. The van der Waals surface area contributed by atoms with Crippen molar-refractivity contribution in [3.8, 4) is 5.75 Å². The molecule has 0 radical (unpaired) electrons. The minimum atomic E-state index is -3.42. The third-order valence-electron chi connectivity index (χ3n) is 4.43. The summed E-state index contributed by atoms with van der Waals surface area (Å²) in [6.07, 6.45) is 4.00. The summed E-state index contributed by atoms with van der Waals surface area (Å²) in [5.74, 6) is 0.656. The highest BCUT2D eigenvalue weighted by molar-refractivity contribution is 9.10. The second-order valence-corrected chi connectivity index (χ2v) is 9.83. The topological polar surface area (TPSA) is 75.7 Å². The van der Waals surface area contributed by atoms with E-state index in [1.165, 1.54) is 16.1 Å². The number of nitrogens with one attached hydrogen (secondary N) is 1. The van der Waals surface area contributed by atoms with Crippen molar-refractivity contribution in [3.63, 3.8) is 0 Å². The fourth-order valence-corrected chi connectivity index (χ4v) is 4.20. The zero-order valence-electron chi connectivity index (χ0n) is 17.4. The van der Waals surface area contributed by atoms with E-state index in [1.54, 1.807) is 24.3 Å². The van der Waals surface area contributed by atoms with E-state index in [9.17, 15) is 13.2 Å². The number of sulfonamides is 1. The first-order valence-electron chi connectivity index (χ1n) is 10.0. The van der Waals surface area contributed by atoms with Gasteiger partial charge in [-0.15, -0.1) is 0 Å². The van der Waals surface area contributed by atoms with Crippen LogP contribution in [-0.4, -0.2) is 40.3 Å². The van der Waals surface area contributed by atoms with Crippen LogP contribution in [0.4, 0.5) is 5.69 Å². The predicted octanol–water partition coefficient (Wildman–Crippen LogP) is 4.14. The smallest absolute Gasteiger partial charge is 0.232 e. The number of carbonyl (C=O) groups is 1. The second-order valence-electron chi connectivity index (χ2n) is 7.01. The number of rotatable bonds is 12. The fraction of sp³-hybridized carbons (Fsp3) is 0.409. The van der Waals surface area contributed by atoms with Gasteiger partial charge in [0, 0.05) is 17.4 Å². The summed E-state index contributed by atoms with van der Waals surface area (Å²) in [6.45, 7) is 3.17. The number of aryl methyl sites for hydroxylation is 1. The summed E-state index contributed by atoms with van der Waals surface area (Å²) in [7, 11) is -3.42. The van der Waals surface area contributed by atoms with E-state index in [0.717, 1.165) is 23.1 Å². The Labute approximate surface area is 187 Å². The van der Waals surface area contributed by atoms with Crippen LogP contribution >= 0.6 is 15.9 Å². The molecule has 0 spiro atoms. The lowest BCUT2D eigenvalue weighted by Gasteiger charge is -2.22. The van der Waals surface area contributed by atoms with Crippen LogP contribution in [0.1, 0.15) is 31.7 Å². The summed E-state index contributed by atoms with van der Waals surface area (Å²) in [5.41, 5.74) is 1.86. The molecule has 0 aromatic heterocycles. The third-order valence-corrected chi connectivity index (χ3v) is 6.16. The number of anilines is 1. The predicted molar refractivity (Wildman–Crippen MR) is 125 cm³/mol. The van der Waals surface area contributed by atoms with Crippen LogP contribution in [0, 0.1) is 0 Å². The molecule has 0 atom stereocenters. The van der Waals surface area contributed by atoms with E-state index in [-0.39, 0.29) is 18.9 Å². The van der Waals surface area contributed by atoms with Crippen molar-refractivity contribution in [3.05, 3.63) is 58.6 Å². The lowest BCUT2D eigenvalue weighted by Crippen LogP contribution is -2.32. The van der Waals surface area contributed by atoms with Gasteiger partial charge in [0.1, 0.15) is 12.4 Å². The minimum Gasteiger partial charge on any atom is -0.492 e. The average Bonchev–Trinajstić information content (AvgIpc) is 2.70. The maximum atomic E-state index is 12.1. The van der Waals surface area contributed by atoms with E-state index >= 15 is 0 Å². The second kappa shape index (κ2) is 12.0. The number of nitrogens with zero attached hydrogens (tertiary/aromatic N) is 1. The van der Waals surface area contributed by atoms with Gasteiger partial charge in [0.2, 0.25) is 15.9 Å². The molecule has 0 aliphatic rings. The van der Waals surface area contributed by atoms with Crippen LogP contribution in [0.25, 0.3) is 0 Å². The Hall–Kier alpha value is -2.06. The van der Waals surface area contributed by atoms with E-state index in [2.05, 4.69) is 40.3 Å². The molecule has 0 fully saturated rings. The normalized spacial score (nSPS) is 11.2. The number of hydrogen-bond acceptors (Lipinski definition) is 4. The van der Waals surface area contributed by atoms with Gasteiger partial charge in [-0.1, -0.05) is 41.4 Å². The van der Waals surface area contributed by atoms with Crippen molar-refractivity contribution in [2.24, 2.45) is 0 Å². The Morgan fingerprint density at radius 3 is 2.37 bits per heavy atom. The maximum absolute atomic E-state index is 12.1. The van der Waals surface area contributed by atoms with E-state index in [1.807, 2.05) is 12.1 Å². The molecule has 0 aliphatic carbocycles. The number of benzene rings is 2. The maximum Gasteiger partial charge on any atom is 0.232 e. The van der Waals surface area contributed by atoms with Crippen LogP contribution in [0.3, 0.4) is 0 Å². The fourth-order valence-electron chi connectivity index (χ4n) is 2.97. The molecule has 0 saturated heterocycles. The van der Waals surface area contributed by atoms with Gasteiger partial charge >= 0.3 is 0 Å². The quantitative estimate of drug-likeness (QED) is 0.448. The van der Waals surface area contributed by atoms with Gasteiger partial charge in [0.05, 0.1) is 18.5 Å². The van der Waals surface area contributed by atoms with Crippen LogP contribution < -0.4 is 14.4 Å². The molecular formula is C22H29BrN2O4S. The largest absolute Gasteiger partial charge is 0.492 e. The van der Waals surface area contributed by atoms with Gasteiger partial charge in [-0.2, -0.15) is 0 Å². The summed E-state index contributed by atoms with van der Waals surface area (Å²) < 4.78 is 32.0. The Balaban J connectivity index is 1.71. The molecule has 0 saturated carbocycles. The molecule has 30 heavy (non-hydrogen) atoms. The molecule has 8 heteroatoms. The first-order chi connectivity index (χ1) is 14.3. The summed E-state index contributed by atoms with van der Waals surface area (Å²) in [6, 6.07) is 15.0. The van der Waals surface area contributed by atoms with Crippen molar-refractivity contribution < 1.29 is 17.9 Å². The van der Waals surface area contributed by atoms with Gasteiger partial charge in [-0.3, -0.25) is 9.10 Å². The zero-order chi connectivity index (χ0) is 22.0. The molecule has 0 unspecified atom stereocenters. The molecular weight excluding hydrogens is 468 g/mol. The average molecular weight is 497 g/mol. The van der Waals surface area contributed by atoms with Crippen LogP contribution in [0.5, 0.6) is 5.75 Å². The number of carbonyl (C=O) groups excluding carboxylic acids is 1. The van der Waals surface area contributed by atoms with Crippen molar-refractivity contribution in [2.75, 3.05) is 30.3 Å². The summed E-state index contributed by atoms with van der Waals surface area (Å²) in [5, 5.41) is 2.81. The molecule has 0 bridgehead atoms. The highest BCUT2D eigenvalue weighted by Crippen LogP contribution is 2.21. The van der Waals surface area contributed by atoms with Gasteiger partial charge in [-0.05, 0) is 54.8 Å². The number of halogens is 1. The molecule has 2 aromatic rings. The zero-order valence-corrected chi connectivity index (χ0v) is 19.8. The molecule has 1 N–H and O–H groups in total. The number of hydrogen-bond donors (Lipinski definition) is 1. The SMILES string of the molecule is CCCc1ccc(OCCNC(=O)CCCN(c2ccc(Br)cc2)S(C)(=O)=O)cc1. The third kappa shape index (κ3) is 8.36. The highest BCUT2D eigenvalue weighted by Gasteiger charge is 2.17.